The Morgan fingerprint density at radius 2 is 2.05 bits per heavy atom. The van der Waals surface area contributed by atoms with Crippen molar-refractivity contribution in [1.82, 2.24) is 19.9 Å². The van der Waals surface area contributed by atoms with Gasteiger partial charge in [0.25, 0.3) is 5.91 Å². The normalized spacial score (nSPS) is 22.0. The molecule has 1 aliphatic carbocycles. The fraction of sp³-hybridized carbons (Fsp3) is 0.588. The molecule has 1 heterocycles. The van der Waals surface area contributed by atoms with Crippen molar-refractivity contribution in [2.24, 2.45) is 5.92 Å². The molecule has 3 rings (SSSR count). The van der Waals surface area contributed by atoms with E-state index in [-0.39, 0.29) is 5.91 Å². The van der Waals surface area contributed by atoms with Crippen LogP contribution >= 0.6 is 0 Å². The minimum atomic E-state index is 0.0903. The summed E-state index contributed by atoms with van der Waals surface area (Å²) in [4.78, 5) is 14.6. The second-order valence-electron chi connectivity index (χ2n) is 6.44. The van der Waals surface area contributed by atoms with Crippen LogP contribution in [0.3, 0.4) is 0 Å². The summed E-state index contributed by atoms with van der Waals surface area (Å²) in [6.07, 6.45) is 4.65. The number of rotatable bonds is 3. The molecular weight excluding hydrogens is 276 g/mol. The van der Waals surface area contributed by atoms with Crippen molar-refractivity contribution < 1.29 is 4.79 Å². The lowest BCUT2D eigenvalue weighted by Gasteiger charge is -2.33. The number of carbonyl (C=O) groups excluding carboxylic acids is 1. The van der Waals surface area contributed by atoms with E-state index in [4.69, 9.17) is 0 Å². The van der Waals surface area contributed by atoms with Gasteiger partial charge in [0.05, 0.1) is 5.52 Å². The summed E-state index contributed by atoms with van der Waals surface area (Å²) in [5, 5.41) is 8.26. The predicted octanol–water partition coefficient (Wildman–Crippen LogP) is 3.10. The first-order valence-electron chi connectivity index (χ1n) is 8.20. The summed E-state index contributed by atoms with van der Waals surface area (Å²) in [6, 6.07) is 6.06. The van der Waals surface area contributed by atoms with Crippen molar-refractivity contribution in [2.45, 2.75) is 52.1 Å². The van der Waals surface area contributed by atoms with Crippen molar-refractivity contribution in [1.29, 1.82) is 0 Å². The third-order valence-corrected chi connectivity index (χ3v) is 4.91. The highest BCUT2D eigenvalue weighted by molar-refractivity contribution is 5.97. The molecule has 0 bridgehead atoms. The Bertz CT molecular complexity index is 670. The first kappa shape index (κ1) is 15.0. The van der Waals surface area contributed by atoms with Gasteiger partial charge in [0.15, 0.2) is 0 Å². The standard InChI is InChI=1S/C17H24N4O/c1-4-21-16-10-7-13(11-15(16)18-19-21)17(22)20(3)14-8-5-12(2)6-9-14/h7,10-12,14H,4-6,8-9H2,1-3H3. The van der Waals surface area contributed by atoms with Gasteiger partial charge in [0.1, 0.15) is 5.52 Å². The molecule has 22 heavy (non-hydrogen) atoms. The molecule has 5 heteroatoms. The van der Waals surface area contributed by atoms with Gasteiger partial charge in [-0.15, -0.1) is 5.10 Å². The number of benzene rings is 1. The van der Waals surface area contributed by atoms with Crippen LogP contribution in [0, 0.1) is 5.92 Å². The zero-order valence-corrected chi connectivity index (χ0v) is 13.6. The van der Waals surface area contributed by atoms with Gasteiger partial charge in [0.2, 0.25) is 0 Å². The zero-order chi connectivity index (χ0) is 15.7. The molecule has 1 aromatic heterocycles. The molecule has 0 radical (unpaired) electrons. The van der Waals surface area contributed by atoms with E-state index in [9.17, 15) is 4.79 Å². The van der Waals surface area contributed by atoms with Crippen LogP contribution in [0.1, 0.15) is 49.9 Å². The second kappa shape index (κ2) is 6.07. The van der Waals surface area contributed by atoms with E-state index in [1.807, 2.05) is 41.8 Å². The Balaban J connectivity index is 1.79. The number of fused-ring (bicyclic) bond motifs is 1. The summed E-state index contributed by atoms with van der Waals surface area (Å²) >= 11 is 0. The van der Waals surface area contributed by atoms with Crippen LogP contribution in [-0.2, 0) is 6.54 Å². The van der Waals surface area contributed by atoms with Crippen LogP contribution in [0.2, 0.25) is 0 Å². The van der Waals surface area contributed by atoms with Gasteiger partial charge >= 0.3 is 0 Å². The Kier molecular flexibility index (Phi) is 4.14. The Morgan fingerprint density at radius 3 is 2.73 bits per heavy atom. The summed E-state index contributed by atoms with van der Waals surface area (Å²) in [6.45, 7) is 5.11. The molecular formula is C17H24N4O. The Labute approximate surface area is 131 Å². The predicted molar refractivity (Wildman–Crippen MR) is 86.7 cm³/mol. The van der Waals surface area contributed by atoms with E-state index >= 15 is 0 Å². The average molecular weight is 300 g/mol. The third-order valence-electron chi connectivity index (χ3n) is 4.91. The van der Waals surface area contributed by atoms with E-state index in [0.717, 1.165) is 36.3 Å². The maximum Gasteiger partial charge on any atom is 0.253 e. The Morgan fingerprint density at radius 1 is 1.32 bits per heavy atom. The second-order valence-corrected chi connectivity index (χ2v) is 6.44. The minimum absolute atomic E-state index is 0.0903. The molecule has 0 saturated heterocycles. The van der Waals surface area contributed by atoms with E-state index in [1.165, 1.54) is 12.8 Å². The van der Waals surface area contributed by atoms with Gasteiger partial charge in [-0.3, -0.25) is 4.79 Å². The van der Waals surface area contributed by atoms with Crippen LogP contribution in [0.15, 0.2) is 18.2 Å². The Hall–Kier alpha value is -1.91. The molecule has 0 unspecified atom stereocenters. The van der Waals surface area contributed by atoms with E-state index in [1.54, 1.807) is 0 Å². The lowest BCUT2D eigenvalue weighted by molar-refractivity contribution is 0.0679. The fourth-order valence-electron chi connectivity index (χ4n) is 3.34. The maximum atomic E-state index is 12.7. The van der Waals surface area contributed by atoms with E-state index in [2.05, 4.69) is 17.2 Å². The largest absolute Gasteiger partial charge is 0.339 e. The summed E-state index contributed by atoms with van der Waals surface area (Å²) in [5.41, 5.74) is 2.48. The number of carbonyl (C=O) groups is 1. The molecule has 1 aromatic carbocycles. The molecule has 0 N–H and O–H groups in total. The molecule has 0 atom stereocenters. The zero-order valence-electron chi connectivity index (χ0n) is 13.6. The molecule has 1 saturated carbocycles. The van der Waals surface area contributed by atoms with Gasteiger partial charge in [-0.05, 0) is 56.7 Å². The van der Waals surface area contributed by atoms with Crippen LogP contribution in [0.4, 0.5) is 0 Å². The van der Waals surface area contributed by atoms with Crippen molar-refractivity contribution >= 4 is 16.9 Å². The van der Waals surface area contributed by atoms with Crippen LogP contribution in [0.5, 0.6) is 0 Å². The van der Waals surface area contributed by atoms with Gasteiger partial charge in [-0.1, -0.05) is 12.1 Å². The van der Waals surface area contributed by atoms with Crippen molar-refractivity contribution in [2.75, 3.05) is 7.05 Å². The first-order valence-corrected chi connectivity index (χ1v) is 8.20. The third kappa shape index (κ3) is 2.72. The number of hydrogen-bond acceptors (Lipinski definition) is 3. The quantitative estimate of drug-likeness (QED) is 0.875. The molecule has 2 aromatic rings. The van der Waals surface area contributed by atoms with Gasteiger partial charge < -0.3 is 4.90 Å². The number of nitrogens with zero attached hydrogens (tertiary/aromatic N) is 4. The number of aryl methyl sites for hydroxylation is 1. The highest BCUT2D eigenvalue weighted by Gasteiger charge is 2.25. The molecule has 0 aliphatic heterocycles. The van der Waals surface area contributed by atoms with Gasteiger partial charge in [0, 0.05) is 25.2 Å². The molecule has 1 fully saturated rings. The number of hydrogen-bond donors (Lipinski definition) is 0. The monoisotopic (exact) mass is 300 g/mol. The lowest BCUT2D eigenvalue weighted by Crippen LogP contribution is -2.39. The average Bonchev–Trinajstić information content (AvgIpc) is 2.96. The van der Waals surface area contributed by atoms with Crippen molar-refractivity contribution in [3.05, 3.63) is 23.8 Å². The molecule has 1 aliphatic rings. The highest BCUT2D eigenvalue weighted by atomic mass is 16.2. The molecule has 1 amide bonds. The summed E-state index contributed by atoms with van der Waals surface area (Å²) in [7, 11) is 1.93. The van der Waals surface area contributed by atoms with Crippen LogP contribution < -0.4 is 0 Å². The lowest BCUT2D eigenvalue weighted by atomic mass is 9.86. The summed E-state index contributed by atoms with van der Waals surface area (Å²) in [5.74, 6) is 0.882. The number of amides is 1. The van der Waals surface area contributed by atoms with E-state index in [0.29, 0.717) is 11.6 Å². The van der Waals surface area contributed by atoms with Crippen molar-refractivity contribution in [3.63, 3.8) is 0 Å². The van der Waals surface area contributed by atoms with Gasteiger partial charge in [-0.2, -0.15) is 0 Å². The maximum absolute atomic E-state index is 12.7. The molecule has 0 spiro atoms. The first-order chi connectivity index (χ1) is 10.6. The van der Waals surface area contributed by atoms with Crippen LogP contribution in [-0.4, -0.2) is 38.9 Å². The van der Waals surface area contributed by atoms with Gasteiger partial charge in [-0.25, -0.2) is 4.68 Å². The highest BCUT2D eigenvalue weighted by Crippen LogP contribution is 2.27. The SMILES string of the molecule is CCn1nnc2cc(C(=O)N(C)C3CCC(C)CC3)ccc21. The van der Waals surface area contributed by atoms with Crippen LogP contribution in [0.25, 0.3) is 11.0 Å². The molecule has 118 valence electrons. The minimum Gasteiger partial charge on any atom is -0.339 e. The topological polar surface area (TPSA) is 51.0 Å². The van der Waals surface area contributed by atoms with E-state index < -0.39 is 0 Å². The smallest absolute Gasteiger partial charge is 0.253 e. The summed E-state index contributed by atoms with van der Waals surface area (Å²) < 4.78 is 1.84. The number of aromatic nitrogens is 3. The fourth-order valence-corrected chi connectivity index (χ4v) is 3.34. The van der Waals surface area contributed by atoms with Crippen molar-refractivity contribution in [3.8, 4) is 0 Å². The molecule has 5 nitrogen and oxygen atoms in total.